The van der Waals surface area contributed by atoms with Crippen LogP contribution in [0.4, 0.5) is 19.0 Å². The van der Waals surface area contributed by atoms with E-state index in [9.17, 15) is 13.2 Å². The normalized spacial score (nSPS) is 15.3. The van der Waals surface area contributed by atoms with E-state index < -0.39 is 12.8 Å². The molecule has 0 unspecified atom stereocenters. The van der Waals surface area contributed by atoms with Crippen LogP contribution < -0.4 is 15.0 Å². The maximum atomic E-state index is 12.3. The van der Waals surface area contributed by atoms with Crippen LogP contribution in [0.3, 0.4) is 0 Å². The number of hydrogen-bond donors (Lipinski definition) is 1. The minimum absolute atomic E-state index is 0.0611. The predicted molar refractivity (Wildman–Crippen MR) is 109 cm³/mol. The maximum Gasteiger partial charge on any atom is 0.422 e. The van der Waals surface area contributed by atoms with Crippen LogP contribution in [-0.2, 0) is 6.54 Å². The molecule has 1 aliphatic rings. The first-order chi connectivity index (χ1) is 14.4. The molecule has 3 rings (SSSR count). The van der Waals surface area contributed by atoms with Crippen molar-refractivity contribution in [2.24, 2.45) is 4.99 Å². The molecule has 1 saturated heterocycles. The summed E-state index contributed by atoms with van der Waals surface area (Å²) in [7, 11) is 0. The Hall–Kier alpha value is -3.04. The lowest BCUT2D eigenvalue weighted by atomic mass is 10.2. The van der Waals surface area contributed by atoms with Crippen LogP contribution in [-0.4, -0.2) is 66.3 Å². The Kier molecular flexibility index (Phi) is 7.31. The van der Waals surface area contributed by atoms with E-state index in [1.54, 1.807) is 12.3 Å². The Morgan fingerprint density at radius 2 is 1.93 bits per heavy atom. The SMILES string of the molecule is CCNC(=NCc1ccnc(OCC(F)(F)F)c1)N1CCN(c2ccccn2)CC1. The molecule has 162 valence electrons. The number of hydrogen-bond acceptors (Lipinski definition) is 5. The molecule has 0 saturated carbocycles. The highest BCUT2D eigenvalue weighted by Gasteiger charge is 2.28. The van der Waals surface area contributed by atoms with E-state index in [0.717, 1.165) is 50.1 Å². The summed E-state index contributed by atoms with van der Waals surface area (Å²) < 4.78 is 41.7. The number of rotatable bonds is 6. The molecular weight excluding hydrogens is 397 g/mol. The van der Waals surface area contributed by atoms with Gasteiger partial charge in [0.2, 0.25) is 5.88 Å². The third-order valence-electron chi connectivity index (χ3n) is 4.48. The molecule has 0 bridgehead atoms. The van der Waals surface area contributed by atoms with E-state index >= 15 is 0 Å². The van der Waals surface area contributed by atoms with Gasteiger partial charge in [0.15, 0.2) is 12.6 Å². The predicted octanol–water partition coefficient (Wildman–Crippen LogP) is 2.71. The fourth-order valence-corrected chi connectivity index (χ4v) is 3.06. The molecule has 0 amide bonds. The number of ether oxygens (including phenoxy) is 1. The molecule has 0 aromatic carbocycles. The summed E-state index contributed by atoms with van der Waals surface area (Å²) in [4.78, 5) is 17.3. The van der Waals surface area contributed by atoms with Crippen molar-refractivity contribution in [1.82, 2.24) is 20.2 Å². The number of alkyl halides is 3. The van der Waals surface area contributed by atoms with Gasteiger partial charge < -0.3 is 19.9 Å². The van der Waals surface area contributed by atoms with Crippen LogP contribution in [0.5, 0.6) is 5.88 Å². The Bertz CT molecular complexity index is 823. The molecule has 0 aliphatic carbocycles. The fraction of sp³-hybridized carbons (Fsp3) is 0.450. The van der Waals surface area contributed by atoms with E-state index in [4.69, 9.17) is 4.74 Å². The monoisotopic (exact) mass is 422 g/mol. The average molecular weight is 422 g/mol. The summed E-state index contributed by atoms with van der Waals surface area (Å²) in [6.07, 6.45) is -1.19. The summed E-state index contributed by atoms with van der Waals surface area (Å²) in [6.45, 7) is 4.89. The lowest BCUT2D eigenvalue weighted by Gasteiger charge is -2.37. The highest BCUT2D eigenvalue weighted by molar-refractivity contribution is 5.80. The van der Waals surface area contributed by atoms with Crippen molar-refractivity contribution in [2.75, 3.05) is 44.2 Å². The molecule has 0 radical (unpaired) electrons. The average Bonchev–Trinajstić information content (AvgIpc) is 2.76. The van der Waals surface area contributed by atoms with E-state index in [2.05, 4.69) is 30.1 Å². The molecule has 0 spiro atoms. The van der Waals surface area contributed by atoms with Crippen LogP contribution in [0.25, 0.3) is 0 Å². The summed E-state index contributed by atoms with van der Waals surface area (Å²) in [5, 5.41) is 3.28. The van der Waals surface area contributed by atoms with Gasteiger partial charge in [-0.05, 0) is 30.7 Å². The molecule has 2 aromatic heterocycles. The zero-order valence-electron chi connectivity index (χ0n) is 16.8. The number of pyridine rings is 2. The second-order valence-electron chi connectivity index (χ2n) is 6.74. The van der Waals surface area contributed by atoms with Crippen molar-refractivity contribution in [2.45, 2.75) is 19.6 Å². The number of nitrogens with zero attached hydrogens (tertiary/aromatic N) is 5. The largest absolute Gasteiger partial charge is 0.468 e. The van der Waals surface area contributed by atoms with Crippen molar-refractivity contribution < 1.29 is 17.9 Å². The number of anilines is 1. The van der Waals surface area contributed by atoms with E-state index in [-0.39, 0.29) is 5.88 Å². The van der Waals surface area contributed by atoms with Crippen LogP contribution in [0.2, 0.25) is 0 Å². The van der Waals surface area contributed by atoms with E-state index in [1.807, 2.05) is 25.1 Å². The highest BCUT2D eigenvalue weighted by atomic mass is 19.4. The molecule has 2 aromatic rings. The Morgan fingerprint density at radius 1 is 1.13 bits per heavy atom. The second kappa shape index (κ2) is 10.1. The lowest BCUT2D eigenvalue weighted by molar-refractivity contribution is -0.154. The van der Waals surface area contributed by atoms with Crippen molar-refractivity contribution in [3.63, 3.8) is 0 Å². The quantitative estimate of drug-likeness (QED) is 0.571. The number of nitrogens with one attached hydrogen (secondary N) is 1. The van der Waals surface area contributed by atoms with Crippen LogP contribution in [0.1, 0.15) is 12.5 Å². The van der Waals surface area contributed by atoms with Crippen molar-refractivity contribution in [1.29, 1.82) is 0 Å². The number of aromatic nitrogens is 2. The second-order valence-corrected chi connectivity index (χ2v) is 6.74. The van der Waals surface area contributed by atoms with Gasteiger partial charge in [0, 0.05) is 51.2 Å². The minimum Gasteiger partial charge on any atom is -0.468 e. The molecule has 10 heteroatoms. The third-order valence-corrected chi connectivity index (χ3v) is 4.48. The van der Waals surface area contributed by atoms with Gasteiger partial charge in [0.1, 0.15) is 5.82 Å². The molecule has 0 atom stereocenters. The first-order valence-electron chi connectivity index (χ1n) is 9.78. The van der Waals surface area contributed by atoms with Gasteiger partial charge in [-0.2, -0.15) is 13.2 Å². The number of halogens is 3. The fourth-order valence-electron chi connectivity index (χ4n) is 3.06. The summed E-state index contributed by atoms with van der Waals surface area (Å²) >= 11 is 0. The molecule has 30 heavy (non-hydrogen) atoms. The van der Waals surface area contributed by atoms with Crippen molar-refractivity contribution in [3.8, 4) is 5.88 Å². The number of guanidine groups is 1. The molecule has 3 heterocycles. The first kappa shape index (κ1) is 21.7. The number of piperazine rings is 1. The summed E-state index contributed by atoms with van der Waals surface area (Å²) in [6, 6.07) is 9.07. The van der Waals surface area contributed by atoms with Crippen LogP contribution in [0.15, 0.2) is 47.7 Å². The molecule has 1 aliphatic heterocycles. The van der Waals surface area contributed by atoms with Gasteiger partial charge in [-0.1, -0.05) is 6.07 Å². The zero-order chi connectivity index (χ0) is 21.4. The third kappa shape index (κ3) is 6.50. The minimum atomic E-state index is -4.40. The lowest BCUT2D eigenvalue weighted by Crippen LogP contribution is -2.52. The van der Waals surface area contributed by atoms with Gasteiger partial charge in [-0.25, -0.2) is 15.0 Å². The highest BCUT2D eigenvalue weighted by Crippen LogP contribution is 2.18. The maximum absolute atomic E-state index is 12.3. The Labute approximate surface area is 173 Å². The molecule has 1 fully saturated rings. The topological polar surface area (TPSA) is 65.9 Å². The van der Waals surface area contributed by atoms with E-state index in [1.165, 1.54) is 12.3 Å². The standard InChI is InChI=1S/C20H25F3N6O/c1-2-24-19(29-11-9-28(10-12-29)17-5-3-4-7-25-17)27-14-16-6-8-26-18(13-16)30-15-20(21,22)23/h3-8,13H,2,9-12,14-15H2,1H3,(H,24,27). The smallest absolute Gasteiger partial charge is 0.422 e. The van der Waals surface area contributed by atoms with Gasteiger partial charge >= 0.3 is 6.18 Å². The summed E-state index contributed by atoms with van der Waals surface area (Å²) in [5.41, 5.74) is 0.727. The van der Waals surface area contributed by atoms with Crippen molar-refractivity contribution in [3.05, 3.63) is 48.3 Å². The van der Waals surface area contributed by atoms with Gasteiger partial charge in [-0.15, -0.1) is 0 Å². The van der Waals surface area contributed by atoms with Crippen molar-refractivity contribution >= 4 is 11.8 Å². The van der Waals surface area contributed by atoms with Gasteiger partial charge in [-0.3, -0.25) is 0 Å². The van der Waals surface area contributed by atoms with Gasteiger partial charge in [0.05, 0.1) is 6.54 Å². The zero-order valence-corrected chi connectivity index (χ0v) is 16.8. The van der Waals surface area contributed by atoms with Gasteiger partial charge in [0.25, 0.3) is 0 Å². The number of aliphatic imine (C=N–C) groups is 1. The molecular formula is C20H25F3N6O. The van der Waals surface area contributed by atoms with Crippen LogP contribution in [0, 0.1) is 0 Å². The molecule has 7 nitrogen and oxygen atoms in total. The van der Waals surface area contributed by atoms with E-state index in [0.29, 0.717) is 6.54 Å². The molecule has 1 N–H and O–H groups in total. The first-order valence-corrected chi connectivity index (χ1v) is 9.78. The summed E-state index contributed by atoms with van der Waals surface area (Å²) in [5.74, 6) is 1.67. The Morgan fingerprint density at radius 3 is 2.60 bits per heavy atom. The Balaban J connectivity index is 1.60. The van der Waals surface area contributed by atoms with Crippen LogP contribution >= 0.6 is 0 Å².